The molecule has 0 radical (unpaired) electrons. The third-order valence-corrected chi connectivity index (χ3v) is 2.80. The fraction of sp³-hybridized carbons (Fsp3) is 0.455. The summed E-state index contributed by atoms with van der Waals surface area (Å²) in [5, 5.41) is 9.59. The molecule has 1 aliphatic rings. The number of rotatable bonds is 1. The molecule has 1 unspecified atom stereocenters. The number of aryl methyl sites for hydroxylation is 1. The minimum absolute atomic E-state index is 0.0910. The summed E-state index contributed by atoms with van der Waals surface area (Å²) in [6.07, 6.45) is 3.11. The lowest BCUT2D eigenvalue weighted by molar-refractivity contribution is 0.371. The summed E-state index contributed by atoms with van der Waals surface area (Å²) in [6, 6.07) is 3.72. The predicted molar refractivity (Wildman–Crippen MR) is 54.5 cm³/mol. The van der Waals surface area contributed by atoms with E-state index in [-0.39, 0.29) is 11.8 Å². The van der Waals surface area contributed by atoms with E-state index in [2.05, 4.69) is 0 Å². The monoisotopic (exact) mass is 193 g/mol. The van der Waals surface area contributed by atoms with Gasteiger partial charge in [0.2, 0.25) is 0 Å². The van der Waals surface area contributed by atoms with Crippen molar-refractivity contribution in [2.24, 2.45) is 5.73 Å². The highest BCUT2D eigenvalue weighted by molar-refractivity contribution is 5.48. The molecule has 14 heavy (non-hydrogen) atoms. The molecule has 0 saturated carbocycles. The third-order valence-electron chi connectivity index (χ3n) is 2.80. The van der Waals surface area contributed by atoms with Crippen molar-refractivity contribution in [3.63, 3.8) is 0 Å². The van der Waals surface area contributed by atoms with Crippen molar-refractivity contribution >= 4 is 0 Å². The van der Waals surface area contributed by atoms with Gasteiger partial charge in [-0.1, -0.05) is 0 Å². The molecular weight excluding hydrogens is 178 g/mol. The smallest absolute Gasteiger partial charge is 0.160 e. The van der Waals surface area contributed by atoms with Gasteiger partial charge in [-0.05, 0) is 42.5 Å². The lowest BCUT2D eigenvalue weighted by Gasteiger charge is -2.23. The zero-order valence-corrected chi connectivity index (χ0v) is 8.29. The SMILES string of the molecule is COc1cc2c(cc1O)CCCC2N. The number of nitrogens with two attached hydrogens (primary N) is 1. The lowest BCUT2D eigenvalue weighted by Crippen LogP contribution is -2.17. The first-order valence-electron chi connectivity index (χ1n) is 4.87. The van der Waals surface area contributed by atoms with Crippen molar-refractivity contribution in [2.75, 3.05) is 7.11 Å². The summed E-state index contributed by atoms with van der Waals surface area (Å²) in [5.74, 6) is 0.724. The van der Waals surface area contributed by atoms with Crippen LogP contribution in [-0.2, 0) is 6.42 Å². The van der Waals surface area contributed by atoms with E-state index in [1.54, 1.807) is 13.2 Å². The first-order valence-corrected chi connectivity index (χ1v) is 4.87. The van der Waals surface area contributed by atoms with Crippen molar-refractivity contribution in [2.45, 2.75) is 25.3 Å². The van der Waals surface area contributed by atoms with Crippen molar-refractivity contribution in [3.05, 3.63) is 23.3 Å². The van der Waals surface area contributed by atoms with Gasteiger partial charge in [0.05, 0.1) is 7.11 Å². The molecule has 1 aromatic carbocycles. The maximum absolute atomic E-state index is 9.59. The van der Waals surface area contributed by atoms with Crippen LogP contribution in [0.15, 0.2) is 12.1 Å². The third kappa shape index (κ3) is 1.44. The zero-order chi connectivity index (χ0) is 10.1. The van der Waals surface area contributed by atoms with Crippen LogP contribution >= 0.6 is 0 Å². The Kier molecular flexibility index (Phi) is 2.33. The molecule has 0 heterocycles. The van der Waals surface area contributed by atoms with Crippen LogP contribution < -0.4 is 10.5 Å². The van der Waals surface area contributed by atoms with Gasteiger partial charge in [-0.3, -0.25) is 0 Å². The molecule has 2 rings (SSSR count). The second-order valence-corrected chi connectivity index (χ2v) is 3.72. The summed E-state index contributed by atoms with van der Waals surface area (Å²) in [6.45, 7) is 0. The zero-order valence-electron chi connectivity index (χ0n) is 8.29. The largest absolute Gasteiger partial charge is 0.504 e. The number of aromatic hydroxyl groups is 1. The Labute approximate surface area is 83.5 Å². The molecule has 3 N–H and O–H groups in total. The minimum Gasteiger partial charge on any atom is -0.504 e. The van der Waals surface area contributed by atoms with Crippen LogP contribution in [0.5, 0.6) is 11.5 Å². The van der Waals surface area contributed by atoms with Crippen LogP contribution in [0.2, 0.25) is 0 Å². The standard InChI is InChI=1S/C11H15NO2/c1-14-11-6-8-7(5-10(11)13)3-2-4-9(8)12/h5-6,9,13H,2-4,12H2,1H3. The Morgan fingerprint density at radius 3 is 3.00 bits per heavy atom. The van der Waals surface area contributed by atoms with Gasteiger partial charge in [0.15, 0.2) is 11.5 Å². The topological polar surface area (TPSA) is 55.5 Å². The Hall–Kier alpha value is -1.22. The lowest BCUT2D eigenvalue weighted by atomic mass is 9.88. The molecule has 0 fully saturated rings. The maximum atomic E-state index is 9.59. The van der Waals surface area contributed by atoms with Crippen LogP contribution in [0, 0.1) is 0 Å². The molecule has 3 heteroatoms. The van der Waals surface area contributed by atoms with Gasteiger partial charge in [-0.25, -0.2) is 0 Å². The van der Waals surface area contributed by atoms with Crippen LogP contribution in [0.3, 0.4) is 0 Å². The van der Waals surface area contributed by atoms with Crippen LogP contribution in [-0.4, -0.2) is 12.2 Å². The average molecular weight is 193 g/mol. The van der Waals surface area contributed by atoms with Gasteiger partial charge in [-0.15, -0.1) is 0 Å². The quantitative estimate of drug-likeness (QED) is 0.714. The van der Waals surface area contributed by atoms with Gasteiger partial charge in [0.1, 0.15) is 0 Å². The summed E-state index contributed by atoms with van der Waals surface area (Å²) in [4.78, 5) is 0. The molecule has 0 saturated heterocycles. The molecule has 0 aromatic heterocycles. The Balaban J connectivity index is 2.49. The van der Waals surface area contributed by atoms with E-state index < -0.39 is 0 Å². The summed E-state index contributed by atoms with van der Waals surface area (Å²) in [7, 11) is 1.55. The molecular formula is C11H15NO2. The minimum atomic E-state index is 0.0910. The average Bonchev–Trinajstić information content (AvgIpc) is 2.17. The van der Waals surface area contributed by atoms with E-state index in [1.807, 2.05) is 6.07 Å². The molecule has 1 aliphatic carbocycles. The van der Waals surface area contributed by atoms with Crippen LogP contribution in [0.25, 0.3) is 0 Å². The molecule has 1 aromatic rings. The molecule has 1 atom stereocenters. The molecule has 0 spiro atoms. The normalized spacial score (nSPS) is 20.3. The second-order valence-electron chi connectivity index (χ2n) is 3.72. The number of hydrogen-bond acceptors (Lipinski definition) is 3. The van der Waals surface area contributed by atoms with Crippen molar-refractivity contribution in [1.29, 1.82) is 0 Å². The van der Waals surface area contributed by atoms with Crippen molar-refractivity contribution < 1.29 is 9.84 Å². The highest BCUT2D eigenvalue weighted by Gasteiger charge is 2.19. The van der Waals surface area contributed by atoms with E-state index >= 15 is 0 Å². The van der Waals surface area contributed by atoms with E-state index in [0.29, 0.717) is 5.75 Å². The second kappa shape index (κ2) is 3.50. The fourth-order valence-electron chi connectivity index (χ4n) is 2.02. The predicted octanol–water partition coefficient (Wildman–Crippen LogP) is 1.74. The molecule has 0 amide bonds. The Morgan fingerprint density at radius 2 is 2.29 bits per heavy atom. The van der Waals surface area contributed by atoms with Gasteiger partial charge in [-0.2, -0.15) is 0 Å². The van der Waals surface area contributed by atoms with Crippen LogP contribution in [0.4, 0.5) is 0 Å². The molecule has 76 valence electrons. The summed E-state index contributed by atoms with van der Waals surface area (Å²) >= 11 is 0. The number of phenols is 1. The molecule has 0 aliphatic heterocycles. The highest BCUT2D eigenvalue weighted by atomic mass is 16.5. The van der Waals surface area contributed by atoms with Gasteiger partial charge >= 0.3 is 0 Å². The van der Waals surface area contributed by atoms with Gasteiger partial charge < -0.3 is 15.6 Å². The molecule has 0 bridgehead atoms. The number of ether oxygens (including phenoxy) is 1. The van der Waals surface area contributed by atoms with E-state index in [9.17, 15) is 5.11 Å². The van der Waals surface area contributed by atoms with Crippen molar-refractivity contribution in [3.8, 4) is 11.5 Å². The van der Waals surface area contributed by atoms with E-state index in [1.165, 1.54) is 0 Å². The first-order chi connectivity index (χ1) is 6.72. The maximum Gasteiger partial charge on any atom is 0.160 e. The number of hydrogen-bond donors (Lipinski definition) is 2. The highest BCUT2D eigenvalue weighted by Crippen LogP contribution is 2.36. The fourth-order valence-corrected chi connectivity index (χ4v) is 2.02. The van der Waals surface area contributed by atoms with E-state index in [0.717, 1.165) is 30.4 Å². The summed E-state index contributed by atoms with van der Waals surface area (Å²) < 4.78 is 5.05. The summed E-state index contributed by atoms with van der Waals surface area (Å²) in [5.41, 5.74) is 8.25. The number of fused-ring (bicyclic) bond motifs is 1. The molecule has 3 nitrogen and oxygen atoms in total. The van der Waals surface area contributed by atoms with E-state index in [4.69, 9.17) is 10.5 Å². The number of methoxy groups -OCH3 is 1. The number of benzene rings is 1. The Bertz CT molecular complexity index is 349. The Morgan fingerprint density at radius 1 is 1.50 bits per heavy atom. The van der Waals surface area contributed by atoms with Crippen molar-refractivity contribution in [1.82, 2.24) is 0 Å². The van der Waals surface area contributed by atoms with Crippen LogP contribution in [0.1, 0.15) is 30.0 Å². The van der Waals surface area contributed by atoms with Gasteiger partial charge in [0, 0.05) is 6.04 Å². The van der Waals surface area contributed by atoms with Gasteiger partial charge in [0.25, 0.3) is 0 Å². The number of phenolic OH excluding ortho intramolecular Hbond substituents is 1. The first kappa shape index (κ1) is 9.34.